The first-order chi connectivity index (χ1) is 8.78. The molecule has 0 saturated carbocycles. The Hall–Kier alpha value is -1.12. The molecule has 0 N–H and O–H groups in total. The quantitative estimate of drug-likeness (QED) is 0.472. The number of halogens is 10. The van der Waals surface area contributed by atoms with Crippen LogP contribution in [0, 0.1) is 0 Å². The summed E-state index contributed by atoms with van der Waals surface area (Å²) in [7, 11) is 0. The first-order valence-corrected chi connectivity index (χ1v) is 5.26. The predicted octanol–water partition coefficient (Wildman–Crippen LogP) is 5.48. The first kappa shape index (κ1) is 16.9. The van der Waals surface area contributed by atoms with E-state index in [1.54, 1.807) is 0 Å². The fourth-order valence-electron chi connectivity index (χ4n) is 1.49. The third-order valence-electron chi connectivity index (χ3n) is 2.32. The van der Waals surface area contributed by atoms with E-state index in [-0.39, 0.29) is 12.1 Å². The van der Waals surface area contributed by atoms with Gasteiger partial charge in [-0.25, -0.2) is 0 Å². The van der Waals surface area contributed by atoms with Gasteiger partial charge in [0.05, 0.1) is 16.7 Å². The normalized spacial score (nSPS) is 13.7. The van der Waals surface area contributed by atoms with Gasteiger partial charge in [-0.05, 0) is 17.7 Å². The van der Waals surface area contributed by atoms with Crippen molar-refractivity contribution in [3.05, 3.63) is 34.4 Å². The summed E-state index contributed by atoms with van der Waals surface area (Å²) in [6.45, 7) is 0. The van der Waals surface area contributed by atoms with Gasteiger partial charge in [-0.2, -0.15) is 39.5 Å². The fourth-order valence-corrected chi connectivity index (χ4v) is 1.77. The van der Waals surface area contributed by atoms with Crippen LogP contribution in [0.25, 0.3) is 0 Å². The van der Waals surface area contributed by atoms with Crippen molar-refractivity contribution in [2.24, 2.45) is 0 Å². The van der Waals surface area contributed by atoms with Crippen LogP contribution in [0.5, 0.6) is 0 Å². The second kappa shape index (κ2) is 5.01. The molecule has 20 heavy (non-hydrogen) atoms. The maximum absolute atomic E-state index is 12.6. The summed E-state index contributed by atoms with van der Waals surface area (Å²) >= 11 is 5.03. The molecule has 0 aliphatic carbocycles. The Morgan fingerprint density at radius 1 is 0.700 bits per heavy atom. The highest BCUT2D eigenvalue weighted by Crippen LogP contribution is 2.43. The van der Waals surface area contributed by atoms with Gasteiger partial charge in [-0.1, -0.05) is 0 Å². The Morgan fingerprint density at radius 3 is 1.25 bits per heavy atom. The molecule has 0 unspecified atom stereocenters. The number of hydrogen-bond acceptors (Lipinski definition) is 0. The van der Waals surface area contributed by atoms with E-state index >= 15 is 0 Å². The standard InChI is InChI=1S/C10H4ClF9/c11-3-5-6(9(15,16)17)1-4(8(12,13)14)2-7(5)10(18,19)20/h1-2H,3H2. The lowest BCUT2D eigenvalue weighted by molar-refractivity contribution is -0.149. The molecule has 0 radical (unpaired) electrons. The van der Waals surface area contributed by atoms with Crippen molar-refractivity contribution in [3.8, 4) is 0 Å². The summed E-state index contributed by atoms with van der Waals surface area (Å²) in [6, 6.07) is -0.764. The van der Waals surface area contributed by atoms with Gasteiger partial charge >= 0.3 is 18.5 Å². The zero-order valence-corrected chi connectivity index (χ0v) is 9.90. The summed E-state index contributed by atoms with van der Waals surface area (Å²) < 4.78 is 113. The van der Waals surface area contributed by atoms with Gasteiger partial charge in [-0.15, -0.1) is 11.6 Å². The van der Waals surface area contributed by atoms with Crippen molar-refractivity contribution in [2.75, 3.05) is 0 Å². The fraction of sp³-hybridized carbons (Fsp3) is 0.400. The van der Waals surface area contributed by atoms with Gasteiger partial charge < -0.3 is 0 Å². The summed E-state index contributed by atoms with van der Waals surface area (Å²) in [4.78, 5) is 0. The maximum Gasteiger partial charge on any atom is 0.416 e. The number of benzene rings is 1. The van der Waals surface area contributed by atoms with E-state index in [0.29, 0.717) is 0 Å². The minimum absolute atomic E-state index is 0.382. The summed E-state index contributed by atoms with van der Waals surface area (Å²) in [6.07, 6.45) is -16.1. The van der Waals surface area contributed by atoms with Gasteiger partial charge in [0.2, 0.25) is 0 Å². The molecule has 0 fully saturated rings. The number of hydrogen-bond donors (Lipinski definition) is 0. The molecular weight excluding hydrogens is 327 g/mol. The summed E-state index contributed by atoms with van der Waals surface area (Å²) in [5.74, 6) is -1.22. The molecule has 114 valence electrons. The molecule has 0 nitrogen and oxygen atoms in total. The molecule has 1 aromatic rings. The summed E-state index contributed by atoms with van der Waals surface area (Å²) in [5, 5.41) is 0. The molecule has 0 aromatic heterocycles. The minimum Gasteiger partial charge on any atom is -0.166 e. The highest BCUT2D eigenvalue weighted by Gasteiger charge is 2.44. The van der Waals surface area contributed by atoms with Crippen LogP contribution >= 0.6 is 11.6 Å². The molecule has 0 atom stereocenters. The molecular formula is C10H4ClF9. The summed E-state index contributed by atoms with van der Waals surface area (Å²) in [5.41, 5.74) is -7.56. The Bertz CT molecular complexity index is 460. The average molecular weight is 331 g/mol. The molecule has 0 spiro atoms. The Kier molecular flexibility index (Phi) is 4.24. The molecule has 0 saturated heterocycles. The van der Waals surface area contributed by atoms with Crippen LogP contribution in [0.2, 0.25) is 0 Å². The van der Waals surface area contributed by atoms with E-state index in [1.807, 2.05) is 0 Å². The van der Waals surface area contributed by atoms with Crippen molar-refractivity contribution in [1.29, 1.82) is 0 Å². The SMILES string of the molecule is FC(F)(F)c1cc(C(F)(F)F)c(CCl)c(C(F)(F)F)c1. The van der Waals surface area contributed by atoms with Crippen molar-refractivity contribution < 1.29 is 39.5 Å². The van der Waals surface area contributed by atoms with Gasteiger partial charge in [0.25, 0.3) is 0 Å². The van der Waals surface area contributed by atoms with Crippen LogP contribution in [-0.2, 0) is 24.4 Å². The van der Waals surface area contributed by atoms with Crippen molar-refractivity contribution in [2.45, 2.75) is 24.4 Å². The highest BCUT2D eigenvalue weighted by molar-refractivity contribution is 6.17. The maximum atomic E-state index is 12.6. The molecule has 0 heterocycles. The molecule has 1 rings (SSSR count). The van der Waals surface area contributed by atoms with E-state index in [2.05, 4.69) is 0 Å². The van der Waals surface area contributed by atoms with E-state index in [9.17, 15) is 39.5 Å². The van der Waals surface area contributed by atoms with Gasteiger partial charge in [0, 0.05) is 5.88 Å². The predicted molar refractivity (Wildman–Crippen MR) is 51.0 cm³/mol. The lowest BCUT2D eigenvalue weighted by Gasteiger charge is -2.20. The van der Waals surface area contributed by atoms with E-state index < -0.39 is 46.7 Å². The van der Waals surface area contributed by atoms with Gasteiger partial charge in [0.15, 0.2) is 0 Å². The zero-order chi connectivity index (χ0) is 15.9. The monoisotopic (exact) mass is 330 g/mol. The molecule has 0 amide bonds. The first-order valence-electron chi connectivity index (χ1n) is 4.73. The average Bonchev–Trinajstić information content (AvgIpc) is 2.23. The highest BCUT2D eigenvalue weighted by atomic mass is 35.5. The van der Waals surface area contributed by atoms with Crippen molar-refractivity contribution >= 4 is 11.6 Å². The largest absolute Gasteiger partial charge is 0.416 e. The number of rotatable bonds is 1. The topological polar surface area (TPSA) is 0 Å². The van der Waals surface area contributed by atoms with Crippen LogP contribution < -0.4 is 0 Å². The Balaban J connectivity index is 3.75. The van der Waals surface area contributed by atoms with Crippen LogP contribution in [0.1, 0.15) is 22.3 Å². The molecule has 0 aliphatic rings. The number of alkyl halides is 10. The second-order valence-corrected chi connectivity index (χ2v) is 3.94. The van der Waals surface area contributed by atoms with Crippen LogP contribution in [0.3, 0.4) is 0 Å². The van der Waals surface area contributed by atoms with E-state index in [4.69, 9.17) is 11.6 Å². The molecule has 10 heteroatoms. The lowest BCUT2D eigenvalue weighted by atomic mass is 9.97. The smallest absolute Gasteiger partial charge is 0.166 e. The van der Waals surface area contributed by atoms with E-state index in [0.717, 1.165) is 0 Å². The van der Waals surface area contributed by atoms with Crippen molar-refractivity contribution in [3.63, 3.8) is 0 Å². The lowest BCUT2D eigenvalue weighted by Crippen LogP contribution is -2.19. The van der Waals surface area contributed by atoms with Crippen molar-refractivity contribution in [1.82, 2.24) is 0 Å². The minimum atomic E-state index is -5.38. The van der Waals surface area contributed by atoms with Crippen LogP contribution in [0.15, 0.2) is 12.1 Å². The van der Waals surface area contributed by atoms with Crippen LogP contribution in [-0.4, -0.2) is 0 Å². The van der Waals surface area contributed by atoms with Gasteiger partial charge in [-0.3, -0.25) is 0 Å². The van der Waals surface area contributed by atoms with Crippen LogP contribution in [0.4, 0.5) is 39.5 Å². The van der Waals surface area contributed by atoms with E-state index in [1.165, 1.54) is 0 Å². The third kappa shape index (κ3) is 3.50. The Labute approximate surface area is 111 Å². The zero-order valence-electron chi connectivity index (χ0n) is 9.14. The Morgan fingerprint density at radius 2 is 1.05 bits per heavy atom. The second-order valence-electron chi connectivity index (χ2n) is 3.68. The molecule has 0 bridgehead atoms. The third-order valence-corrected chi connectivity index (χ3v) is 2.59. The molecule has 0 aliphatic heterocycles. The van der Waals surface area contributed by atoms with Gasteiger partial charge in [0.1, 0.15) is 0 Å². The molecule has 1 aromatic carbocycles.